The Bertz CT molecular complexity index is 965. The van der Waals surface area contributed by atoms with Crippen molar-refractivity contribution in [3.8, 4) is 0 Å². The minimum Gasteiger partial charge on any atom is -0.346 e. The van der Waals surface area contributed by atoms with Crippen molar-refractivity contribution in [1.82, 2.24) is 5.32 Å². The van der Waals surface area contributed by atoms with Gasteiger partial charge in [0.2, 0.25) is 0 Å². The van der Waals surface area contributed by atoms with Crippen molar-refractivity contribution in [3.05, 3.63) is 70.8 Å². The molecule has 0 aliphatic carbocycles. The number of ketones is 1. The number of amides is 1. The van der Waals surface area contributed by atoms with Gasteiger partial charge in [-0.1, -0.05) is 71.0 Å². The van der Waals surface area contributed by atoms with E-state index < -0.39 is 0 Å². The average Bonchev–Trinajstić information content (AvgIpc) is 2.79. The molecule has 0 aliphatic heterocycles. The second kappa shape index (κ2) is 13.2. The smallest absolute Gasteiger partial charge is 0.251 e. The molecule has 0 heterocycles. The van der Waals surface area contributed by atoms with Crippen LogP contribution >= 0.6 is 0 Å². The highest BCUT2D eigenvalue weighted by molar-refractivity contribution is 5.94. The lowest BCUT2D eigenvalue weighted by molar-refractivity contribution is -0.120. The van der Waals surface area contributed by atoms with Crippen LogP contribution in [0.5, 0.6) is 0 Å². The van der Waals surface area contributed by atoms with E-state index in [1.165, 1.54) is 11.1 Å². The number of hydrogen-bond acceptors (Lipinski definition) is 3. The summed E-state index contributed by atoms with van der Waals surface area (Å²) >= 11 is 0. The highest BCUT2D eigenvalue weighted by atomic mass is 16.1. The molecule has 2 N–H and O–H groups in total. The van der Waals surface area contributed by atoms with Gasteiger partial charge >= 0.3 is 0 Å². The van der Waals surface area contributed by atoms with Crippen molar-refractivity contribution in [2.24, 2.45) is 17.3 Å². The van der Waals surface area contributed by atoms with Crippen LogP contribution < -0.4 is 5.32 Å². The molecule has 2 aromatic carbocycles. The Kier molecular flexibility index (Phi) is 11.4. The zero-order valence-electron chi connectivity index (χ0n) is 22.6. The third-order valence-electron chi connectivity index (χ3n) is 7.23. The van der Waals surface area contributed by atoms with Gasteiger partial charge in [-0.05, 0) is 80.2 Å². The van der Waals surface area contributed by atoms with Crippen LogP contribution in [0.1, 0.15) is 94.9 Å². The van der Waals surface area contributed by atoms with Crippen molar-refractivity contribution in [1.29, 1.82) is 5.41 Å². The van der Waals surface area contributed by atoms with Gasteiger partial charge in [0.15, 0.2) is 0 Å². The van der Waals surface area contributed by atoms with E-state index in [2.05, 4.69) is 39.9 Å². The Morgan fingerprint density at radius 2 is 1.59 bits per heavy atom. The summed E-state index contributed by atoms with van der Waals surface area (Å²) in [5.41, 5.74) is 4.91. The molecule has 2 aromatic rings. The summed E-state index contributed by atoms with van der Waals surface area (Å²) < 4.78 is 0. The Labute approximate surface area is 207 Å². The summed E-state index contributed by atoms with van der Waals surface area (Å²) in [6.07, 6.45) is 1.52. The molecule has 0 spiro atoms. The number of rotatable bonds is 9. The van der Waals surface area contributed by atoms with Crippen LogP contribution in [0, 0.1) is 29.6 Å². The van der Waals surface area contributed by atoms with E-state index in [-0.39, 0.29) is 29.1 Å². The Morgan fingerprint density at radius 3 is 2.06 bits per heavy atom. The first-order chi connectivity index (χ1) is 15.8. The zero-order chi connectivity index (χ0) is 26.1. The number of Topliss-reactive ketones (excluding diaryl/α,β-unsaturated/α-hetero) is 1. The highest BCUT2D eigenvalue weighted by Crippen LogP contribution is 2.39. The third kappa shape index (κ3) is 8.23. The van der Waals surface area contributed by atoms with Gasteiger partial charge in [0, 0.05) is 17.7 Å². The number of benzene rings is 2. The molecule has 4 heteroatoms. The predicted molar refractivity (Wildman–Crippen MR) is 144 cm³/mol. The molecule has 186 valence electrons. The second-order valence-electron chi connectivity index (χ2n) is 10.0. The van der Waals surface area contributed by atoms with Crippen LogP contribution in [-0.4, -0.2) is 17.4 Å². The lowest BCUT2D eigenvalue weighted by atomic mass is 9.65. The molecule has 0 saturated heterocycles. The summed E-state index contributed by atoms with van der Waals surface area (Å²) in [5, 5.41) is 10.7. The Hall–Kier alpha value is -2.75. The quantitative estimate of drug-likeness (QED) is 0.381. The second-order valence-corrected chi connectivity index (χ2v) is 10.0. The molecule has 1 unspecified atom stereocenters. The SMILES string of the molecule is CC(=N)C(C)[C@@](C)(CC(C)=O)C(C)C.CCc1cc(C(=O)N[C@@H](C)c2ccccc2)ccc1C. The standard InChI is InChI=1S/C18H21NO.C12H23NO/c1-4-15-12-17(11-10-13(15)2)18(20)19-14(3)16-8-6-5-7-9-16;1-8(2)12(6,7-9(3)14)10(4)11(5)13/h5-12,14H,4H2,1-3H3,(H,19,20);8,10,13H,7H2,1-6H3/t14-;10?,12-/m00/s1. The molecule has 34 heavy (non-hydrogen) atoms. The molecule has 0 radical (unpaired) electrons. The van der Waals surface area contributed by atoms with Gasteiger partial charge in [-0.3, -0.25) is 4.79 Å². The minimum absolute atomic E-state index is 0.00933. The van der Waals surface area contributed by atoms with Gasteiger partial charge in [-0.25, -0.2) is 0 Å². The van der Waals surface area contributed by atoms with Crippen LogP contribution in [-0.2, 0) is 11.2 Å². The summed E-state index contributed by atoms with van der Waals surface area (Å²) in [5.74, 6) is 0.790. The van der Waals surface area contributed by atoms with Gasteiger partial charge in [-0.2, -0.15) is 0 Å². The molecule has 0 saturated carbocycles. The number of aryl methyl sites for hydroxylation is 2. The molecule has 0 aromatic heterocycles. The first-order valence-corrected chi connectivity index (χ1v) is 12.3. The van der Waals surface area contributed by atoms with Crippen molar-refractivity contribution in [2.45, 2.75) is 81.2 Å². The van der Waals surface area contributed by atoms with E-state index >= 15 is 0 Å². The van der Waals surface area contributed by atoms with Crippen LogP contribution in [0.4, 0.5) is 0 Å². The monoisotopic (exact) mass is 464 g/mol. The number of carbonyl (C=O) groups is 2. The van der Waals surface area contributed by atoms with Crippen LogP contribution in [0.25, 0.3) is 0 Å². The van der Waals surface area contributed by atoms with Gasteiger partial charge in [0.05, 0.1) is 6.04 Å². The molecule has 1 amide bonds. The topological polar surface area (TPSA) is 70.0 Å². The molecular weight excluding hydrogens is 420 g/mol. The maximum Gasteiger partial charge on any atom is 0.251 e. The number of carbonyl (C=O) groups excluding carboxylic acids is 2. The molecule has 3 atom stereocenters. The van der Waals surface area contributed by atoms with Crippen LogP contribution in [0.15, 0.2) is 48.5 Å². The average molecular weight is 465 g/mol. The molecular formula is C30H44N2O2. The van der Waals surface area contributed by atoms with Gasteiger partial charge in [0.1, 0.15) is 5.78 Å². The summed E-state index contributed by atoms with van der Waals surface area (Å²) in [4.78, 5) is 23.5. The van der Waals surface area contributed by atoms with E-state index in [4.69, 9.17) is 5.41 Å². The maximum atomic E-state index is 12.3. The molecule has 4 nitrogen and oxygen atoms in total. The zero-order valence-corrected chi connectivity index (χ0v) is 22.6. The maximum absolute atomic E-state index is 12.3. The molecule has 0 aliphatic rings. The fourth-order valence-corrected chi connectivity index (χ4v) is 4.19. The van der Waals surface area contributed by atoms with Crippen molar-refractivity contribution in [2.75, 3.05) is 0 Å². The van der Waals surface area contributed by atoms with Crippen molar-refractivity contribution in [3.63, 3.8) is 0 Å². The normalized spacial score (nSPS) is 14.3. The van der Waals surface area contributed by atoms with Crippen LogP contribution in [0.2, 0.25) is 0 Å². The largest absolute Gasteiger partial charge is 0.346 e. The fraction of sp³-hybridized carbons (Fsp3) is 0.500. The first kappa shape index (κ1) is 29.3. The highest BCUT2D eigenvalue weighted by Gasteiger charge is 2.36. The molecule has 0 bridgehead atoms. The van der Waals surface area contributed by atoms with E-state index in [0.717, 1.165) is 17.5 Å². The van der Waals surface area contributed by atoms with Gasteiger partial charge in [0.25, 0.3) is 5.91 Å². The molecule has 2 rings (SSSR count). The van der Waals surface area contributed by atoms with Gasteiger partial charge < -0.3 is 15.5 Å². The summed E-state index contributed by atoms with van der Waals surface area (Å²) in [6.45, 7) is 18.1. The third-order valence-corrected chi connectivity index (χ3v) is 7.23. The fourth-order valence-electron chi connectivity index (χ4n) is 4.19. The number of nitrogens with one attached hydrogen (secondary N) is 2. The van der Waals surface area contributed by atoms with E-state index in [1.807, 2.05) is 69.3 Å². The summed E-state index contributed by atoms with van der Waals surface area (Å²) in [7, 11) is 0. The van der Waals surface area contributed by atoms with Crippen molar-refractivity contribution < 1.29 is 9.59 Å². The lowest BCUT2D eigenvalue weighted by Crippen LogP contribution is -2.36. The Balaban J connectivity index is 0.000000365. The van der Waals surface area contributed by atoms with E-state index in [9.17, 15) is 9.59 Å². The Morgan fingerprint density at radius 1 is 1.00 bits per heavy atom. The number of hydrogen-bond donors (Lipinski definition) is 2. The van der Waals surface area contributed by atoms with Gasteiger partial charge in [-0.15, -0.1) is 0 Å². The lowest BCUT2D eigenvalue weighted by Gasteiger charge is -2.38. The van der Waals surface area contributed by atoms with E-state index in [0.29, 0.717) is 18.1 Å². The first-order valence-electron chi connectivity index (χ1n) is 12.3. The van der Waals surface area contributed by atoms with Crippen LogP contribution in [0.3, 0.4) is 0 Å². The predicted octanol–water partition coefficient (Wildman–Crippen LogP) is 7.35. The van der Waals surface area contributed by atoms with Crippen molar-refractivity contribution >= 4 is 17.4 Å². The minimum atomic E-state index is -0.0718. The molecule has 0 fully saturated rings. The van der Waals surface area contributed by atoms with E-state index in [1.54, 1.807) is 6.92 Å². The summed E-state index contributed by atoms with van der Waals surface area (Å²) in [6, 6.07) is 15.9.